The molecular formula is C6H6FNO2S. The molecule has 1 rings (SSSR count). The fourth-order valence-electron chi connectivity index (χ4n) is 0.663. The number of hydrogen-bond acceptors (Lipinski definition) is 2. The van der Waals surface area contributed by atoms with Gasteiger partial charge in [-0.1, -0.05) is 0 Å². The lowest BCUT2D eigenvalue weighted by molar-refractivity contribution is 0.577. The van der Waals surface area contributed by atoms with Gasteiger partial charge in [-0.3, -0.25) is 9.00 Å². The zero-order valence-corrected chi connectivity index (χ0v) is 6.57. The summed E-state index contributed by atoms with van der Waals surface area (Å²) in [6, 6.07) is 1.28. The highest BCUT2D eigenvalue weighted by molar-refractivity contribution is 7.84. The van der Waals surface area contributed by atoms with E-state index in [4.69, 9.17) is 0 Å². The van der Waals surface area contributed by atoms with Gasteiger partial charge in [0.05, 0.1) is 15.7 Å². The Morgan fingerprint density at radius 3 is 2.73 bits per heavy atom. The predicted octanol–water partition coefficient (Wildman–Crippen LogP) is 0.251. The number of aromatic nitrogens is 1. The second kappa shape index (κ2) is 2.96. The van der Waals surface area contributed by atoms with Gasteiger partial charge >= 0.3 is 0 Å². The van der Waals surface area contributed by atoms with E-state index < -0.39 is 22.2 Å². The number of nitrogens with one attached hydrogen (secondary N) is 1. The van der Waals surface area contributed by atoms with Crippen LogP contribution < -0.4 is 5.56 Å². The van der Waals surface area contributed by atoms with Gasteiger partial charge in [0.15, 0.2) is 0 Å². The van der Waals surface area contributed by atoms with Crippen LogP contribution in [0.25, 0.3) is 0 Å². The third-order valence-electron chi connectivity index (χ3n) is 1.17. The molecule has 0 bridgehead atoms. The highest BCUT2D eigenvalue weighted by Gasteiger charge is 2.07. The van der Waals surface area contributed by atoms with Gasteiger partial charge in [0.1, 0.15) is 0 Å². The van der Waals surface area contributed by atoms with E-state index in [2.05, 4.69) is 4.98 Å². The molecule has 0 amide bonds. The summed E-state index contributed by atoms with van der Waals surface area (Å²) in [4.78, 5) is 12.6. The van der Waals surface area contributed by atoms with Gasteiger partial charge in [-0.05, 0) is 6.07 Å². The summed E-state index contributed by atoms with van der Waals surface area (Å²) >= 11 is 0. The van der Waals surface area contributed by atoms with Crippen molar-refractivity contribution >= 4 is 10.8 Å². The molecule has 0 fully saturated rings. The van der Waals surface area contributed by atoms with Crippen LogP contribution in [0.2, 0.25) is 0 Å². The van der Waals surface area contributed by atoms with Gasteiger partial charge < -0.3 is 4.98 Å². The molecule has 5 heteroatoms. The van der Waals surface area contributed by atoms with Crippen LogP contribution in [0.5, 0.6) is 0 Å². The van der Waals surface area contributed by atoms with Gasteiger partial charge in [-0.2, -0.15) is 4.39 Å². The van der Waals surface area contributed by atoms with Gasteiger partial charge in [0.2, 0.25) is 5.82 Å². The van der Waals surface area contributed by atoms with E-state index in [0.29, 0.717) is 0 Å². The second-order valence-electron chi connectivity index (χ2n) is 1.94. The Hall–Kier alpha value is -0.970. The van der Waals surface area contributed by atoms with E-state index in [-0.39, 0.29) is 4.90 Å². The Labute approximate surface area is 64.7 Å². The van der Waals surface area contributed by atoms with Crippen LogP contribution in [-0.4, -0.2) is 15.4 Å². The summed E-state index contributed by atoms with van der Waals surface area (Å²) in [7, 11) is -1.45. The normalized spacial score (nSPS) is 12.9. The highest BCUT2D eigenvalue weighted by atomic mass is 32.2. The van der Waals surface area contributed by atoms with Crippen molar-refractivity contribution in [2.75, 3.05) is 6.26 Å². The van der Waals surface area contributed by atoms with Crippen LogP contribution in [-0.2, 0) is 10.8 Å². The molecule has 1 aromatic rings. The third-order valence-corrected chi connectivity index (χ3v) is 2.11. The molecule has 0 saturated carbocycles. The molecule has 0 aliphatic rings. The molecule has 0 aliphatic heterocycles. The molecule has 1 aromatic heterocycles. The van der Waals surface area contributed by atoms with Gasteiger partial charge in [0.25, 0.3) is 5.56 Å². The van der Waals surface area contributed by atoms with E-state index in [9.17, 15) is 13.4 Å². The van der Waals surface area contributed by atoms with Crippen molar-refractivity contribution in [3.05, 3.63) is 28.4 Å². The first-order valence-electron chi connectivity index (χ1n) is 2.83. The molecule has 1 atom stereocenters. The van der Waals surface area contributed by atoms with Gasteiger partial charge in [-0.25, -0.2) is 0 Å². The molecule has 0 saturated heterocycles. The number of pyridine rings is 1. The molecule has 1 N–H and O–H groups in total. The van der Waals surface area contributed by atoms with Crippen molar-refractivity contribution < 1.29 is 8.60 Å². The van der Waals surface area contributed by atoms with Crippen molar-refractivity contribution in [3.8, 4) is 0 Å². The minimum Gasteiger partial charge on any atom is -0.327 e. The minimum absolute atomic E-state index is 0.0613. The summed E-state index contributed by atoms with van der Waals surface area (Å²) in [5.74, 6) is -0.965. The number of hydrogen-bond donors (Lipinski definition) is 1. The van der Waals surface area contributed by atoms with E-state index in [1.54, 1.807) is 0 Å². The third kappa shape index (κ3) is 1.54. The standard InChI is InChI=1S/C6H6FNO2S/c1-11(10)4-2-3-8-6(9)5(4)7/h2-3H,1H3,(H,8,9). The monoisotopic (exact) mass is 175 g/mol. The van der Waals surface area contributed by atoms with E-state index in [0.717, 1.165) is 0 Å². The zero-order chi connectivity index (χ0) is 8.43. The first-order valence-corrected chi connectivity index (χ1v) is 4.39. The number of halogens is 1. The fraction of sp³-hybridized carbons (Fsp3) is 0.167. The molecule has 0 spiro atoms. The van der Waals surface area contributed by atoms with Gasteiger partial charge in [-0.15, -0.1) is 0 Å². The smallest absolute Gasteiger partial charge is 0.285 e. The Morgan fingerprint density at radius 2 is 2.27 bits per heavy atom. The van der Waals surface area contributed by atoms with Crippen molar-refractivity contribution in [1.29, 1.82) is 0 Å². The topological polar surface area (TPSA) is 49.9 Å². The second-order valence-corrected chi connectivity index (χ2v) is 3.29. The van der Waals surface area contributed by atoms with Gasteiger partial charge in [0, 0.05) is 12.5 Å². The molecule has 3 nitrogen and oxygen atoms in total. The summed E-state index contributed by atoms with van der Waals surface area (Å²) in [6.45, 7) is 0. The zero-order valence-electron chi connectivity index (χ0n) is 5.76. The molecule has 0 radical (unpaired) electrons. The summed E-state index contributed by atoms with van der Waals surface area (Å²) < 4.78 is 23.5. The Kier molecular flexibility index (Phi) is 2.19. The first kappa shape index (κ1) is 8.13. The SMILES string of the molecule is CS(=O)c1cc[nH]c(=O)c1F. The molecule has 11 heavy (non-hydrogen) atoms. The van der Waals surface area contributed by atoms with Crippen LogP contribution in [0, 0.1) is 5.82 Å². The lowest BCUT2D eigenvalue weighted by atomic mass is 10.5. The average molecular weight is 175 g/mol. The maximum Gasteiger partial charge on any atom is 0.285 e. The summed E-state index contributed by atoms with van der Waals surface area (Å²) in [5.41, 5.74) is -0.835. The summed E-state index contributed by atoms with van der Waals surface area (Å²) in [5, 5.41) is 0. The molecule has 1 heterocycles. The Balaban J connectivity index is 3.39. The number of rotatable bonds is 1. The molecule has 60 valence electrons. The van der Waals surface area contributed by atoms with Crippen LogP contribution >= 0.6 is 0 Å². The van der Waals surface area contributed by atoms with E-state index in [1.165, 1.54) is 18.5 Å². The van der Waals surface area contributed by atoms with Crippen molar-refractivity contribution in [1.82, 2.24) is 4.98 Å². The van der Waals surface area contributed by atoms with Crippen LogP contribution in [0.4, 0.5) is 4.39 Å². The van der Waals surface area contributed by atoms with Crippen molar-refractivity contribution in [2.45, 2.75) is 4.90 Å². The predicted molar refractivity (Wildman–Crippen MR) is 39.4 cm³/mol. The molecule has 0 aliphatic carbocycles. The van der Waals surface area contributed by atoms with Crippen LogP contribution in [0.15, 0.2) is 22.0 Å². The summed E-state index contributed by atoms with van der Waals surface area (Å²) in [6.07, 6.45) is 2.58. The van der Waals surface area contributed by atoms with E-state index in [1.807, 2.05) is 0 Å². The quantitative estimate of drug-likeness (QED) is 0.665. The lowest BCUT2D eigenvalue weighted by Gasteiger charge is -1.94. The lowest BCUT2D eigenvalue weighted by Crippen LogP contribution is -2.12. The maximum atomic E-state index is 12.7. The fourth-order valence-corrected chi connectivity index (χ4v) is 1.27. The number of aromatic amines is 1. The molecule has 0 aromatic carbocycles. The van der Waals surface area contributed by atoms with Crippen LogP contribution in [0.3, 0.4) is 0 Å². The Bertz CT molecular complexity index is 347. The highest BCUT2D eigenvalue weighted by Crippen LogP contribution is 2.03. The number of H-pyrrole nitrogens is 1. The maximum absolute atomic E-state index is 12.7. The minimum atomic E-state index is -1.45. The van der Waals surface area contributed by atoms with Crippen molar-refractivity contribution in [3.63, 3.8) is 0 Å². The average Bonchev–Trinajstić information content (AvgIpc) is 1.94. The molecule has 1 unspecified atom stereocenters. The Morgan fingerprint density at radius 1 is 1.64 bits per heavy atom. The van der Waals surface area contributed by atoms with E-state index >= 15 is 0 Å². The molecular weight excluding hydrogens is 169 g/mol. The largest absolute Gasteiger partial charge is 0.327 e. The van der Waals surface area contributed by atoms with Crippen LogP contribution in [0.1, 0.15) is 0 Å². The van der Waals surface area contributed by atoms with Crippen molar-refractivity contribution in [2.24, 2.45) is 0 Å². The first-order chi connectivity index (χ1) is 5.13.